The molecular weight excluding hydrogens is 276 g/mol. The van der Waals surface area contributed by atoms with Crippen LogP contribution in [0.4, 0.5) is 0 Å². The highest BCUT2D eigenvalue weighted by Crippen LogP contribution is 2.24. The summed E-state index contributed by atoms with van der Waals surface area (Å²) in [6, 6.07) is 0. The first kappa shape index (κ1) is 16.0. The molecule has 8 atom stereocenters. The van der Waals surface area contributed by atoms with Gasteiger partial charge in [-0.3, -0.25) is 0 Å². The summed E-state index contributed by atoms with van der Waals surface area (Å²) >= 11 is 0. The number of hydrogen-bond acceptors (Lipinski definition) is 9. The Morgan fingerprint density at radius 2 is 1.60 bits per heavy atom. The minimum atomic E-state index is -1.56. The zero-order valence-electron chi connectivity index (χ0n) is 10.6. The van der Waals surface area contributed by atoms with E-state index < -0.39 is 55.6 Å². The van der Waals surface area contributed by atoms with Gasteiger partial charge in [0.15, 0.2) is 6.29 Å². The lowest BCUT2D eigenvalue weighted by Gasteiger charge is -2.42. The average molecular weight is 296 g/mol. The molecule has 9 heteroatoms. The Kier molecular flexibility index (Phi) is 5.29. The van der Waals surface area contributed by atoms with E-state index in [-0.39, 0.29) is 13.2 Å². The Hall–Kier alpha value is -0.360. The molecule has 2 fully saturated rings. The van der Waals surface area contributed by atoms with E-state index in [9.17, 15) is 25.5 Å². The fraction of sp³-hybridized carbons (Fsp3) is 1.00. The van der Waals surface area contributed by atoms with Crippen LogP contribution < -0.4 is 0 Å². The standard InChI is InChI=1S/C11H20O9/c12-1-5-8(15)9(16)10(17)11(19-5)20-6-3-18-2-4(13)7(6)14/h4-17H,1-3H2/t4-,5-,6+,7+,8+,9+,10-,11+/m1/s1. The van der Waals surface area contributed by atoms with Crippen LogP contribution in [0.3, 0.4) is 0 Å². The van der Waals surface area contributed by atoms with Crippen LogP contribution in [0.5, 0.6) is 0 Å². The van der Waals surface area contributed by atoms with Crippen molar-refractivity contribution in [1.29, 1.82) is 0 Å². The van der Waals surface area contributed by atoms with Crippen molar-refractivity contribution >= 4 is 0 Å². The maximum Gasteiger partial charge on any atom is 0.187 e. The van der Waals surface area contributed by atoms with Crippen molar-refractivity contribution in [2.75, 3.05) is 19.8 Å². The molecule has 2 aliphatic rings. The van der Waals surface area contributed by atoms with Crippen molar-refractivity contribution in [3.05, 3.63) is 0 Å². The van der Waals surface area contributed by atoms with E-state index in [1.807, 2.05) is 0 Å². The van der Waals surface area contributed by atoms with Crippen molar-refractivity contribution in [3.63, 3.8) is 0 Å². The van der Waals surface area contributed by atoms with Crippen molar-refractivity contribution in [3.8, 4) is 0 Å². The lowest BCUT2D eigenvalue weighted by Crippen LogP contribution is -2.61. The summed E-state index contributed by atoms with van der Waals surface area (Å²) in [7, 11) is 0. The number of hydrogen-bond donors (Lipinski definition) is 6. The Morgan fingerprint density at radius 1 is 0.900 bits per heavy atom. The highest BCUT2D eigenvalue weighted by molar-refractivity contribution is 4.90. The predicted octanol–water partition coefficient (Wildman–Crippen LogP) is -4.08. The molecule has 118 valence electrons. The zero-order chi connectivity index (χ0) is 14.9. The first-order valence-corrected chi connectivity index (χ1v) is 6.35. The van der Waals surface area contributed by atoms with Gasteiger partial charge in [0.2, 0.25) is 0 Å². The second-order valence-electron chi connectivity index (χ2n) is 4.97. The Labute approximate surface area is 114 Å². The summed E-state index contributed by atoms with van der Waals surface area (Å²) in [5.74, 6) is 0. The van der Waals surface area contributed by atoms with E-state index in [1.165, 1.54) is 0 Å². The Morgan fingerprint density at radius 3 is 2.25 bits per heavy atom. The molecule has 0 aromatic rings. The van der Waals surface area contributed by atoms with Gasteiger partial charge < -0.3 is 44.8 Å². The van der Waals surface area contributed by atoms with E-state index in [0.717, 1.165) is 0 Å². The molecule has 2 rings (SSSR count). The normalized spacial score (nSPS) is 50.1. The molecule has 2 aliphatic heterocycles. The minimum Gasteiger partial charge on any atom is -0.394 e. The fourth-order valence-electron chi connectivity index (χ4n) is 2.22. The molecule has 9 nitrogen and oxygen atoms in total. The van der Waals surface area contributed by atoms with Crippen LogP contribution in [0.2, 0.25) is 0 Å². The van der Waals surface area contributed by atoms with Gasteiger partial charge in [-0.05, 0) is 0 Å². The van der Waals surface area contributed by atoms with Crippen LogP contribution in [-0.4, -0.2) is 99.5 Å². The first-order valence-electron chi connectivity index (χ1n) is 6.35. The van der Waals surface area contributed by atoms with Gasteiger partial charge >= 0.3 is 0 Å². The average Bonchev–Trinajstić information content (AvgIpc) is 2.44. The molecular formula is C11H20O9. The van der Waals surface area contributed by atoms with E-state index >= 15 is 0 Å². The first-order chi connectivity index (χ1) is 9.45. The topological polar surface area (TPSA) is 149 Å². The van der Waals surface area contributed by atoms with E-state index in [2.05, 4.69) is 0 Å². The van der Waals surface area contributed by atoms with Crippen LogP contribution in [0.1, 0.15) is 0 Å². The van der Waals surface area contributed by atoms with Gasteiger partial charge in [0, 0.05) is 0 Å². The maximum absolute atomic E-state index is 9.78. The zero-order valence-corrected chi connectivity index (χ0v) is 10.6. The molecule has 20 heavy (non-hydrogen) atoms. The van der Waals surface area contributed by atoms with E-state index in [4.69, 9.17) is 19.3 Å². The molecule has 0 bridgehead atoms. The second kappa shape index (κ2) is 6.60. The van der Waals surface area contributed by atoms with Crippen LogP contribution >= 0.6 is 0 Å². The van der Waals surface area contributed by atoms with E-state index in [0.29, 0.717) is 0 Å². The molecule has 0 unspecified atom stereocenters. The summed E-state index contributed by atoms with van der Waals surface area (Å²) in [4.78, 5) is 0. The lowest BCUT2D eigenvalue weighted by molar-refractivity contribution is -0.327. The van der Waals surface area contributed by atoms with E-state index in [1.54, 1.807) is 0 Å². The monoisotopic (exact) mass is 296 g/mol. The number of aliphatic hydroxyl groups is 6. The molecule has 2 heterocycles. The summed E-state index contributed by atoms with van der Waals surface area (Å²) in [5.41, 5.74) is 0. The Balaban J connectivity index is 2.00. The highest BCUT2D eigenvalue weighted by Gasteiger charge is 2.46. The summed E-state index contributed by atoms with van der Waals surface area (Å²) < 4.78 is 15.4. The van der Waals surface area contributed by atoms with Gasteiger partial charge in [-0.1, -0.05) is 0 Å². The van der Waals surface area contributed by atoms with Crippen molar-refractivity contribution < 1.29 is 44.8 Å². The van der Waals surface area contributed by atoms with Gasteiger partial charge in [-0.2, -0.15) is 0 Å². The third kappa shape index (κ3) is 3.11. The van der Waals surface area contributed by atoms with Crippen molar-refractivity contribution in [2.24, 2.45) is 0 Å². The maximum atomic E-state index is 9.78. The molecule has 2 saturated heterocycles. The van der Waals surface area contributed by atoms with Crippen LogP contribution in [0, 0.1) is 0 Å². The van der Waals surface area contributed by atoms with Gasteiger partial charge in [-0.15, -0.1) is 0 Å². The number of rotatable bonds is 3. The second-order valence-corrected chi connectivity index (χ2v) is 4.97. The summed E-state index contributed by atoms with van der Waals surface area (Å²) in [5, 5.41) is 57.2. The van der Waals surface area contributed by atoms with Gasteiger partial charge in [0.05, 0.1) is 19.8 Å². The molecule has 0 radical (unpaired) electrons. The SMILES string of the molecule is OC[C@H]1O[C@@H](O[C@H]2COC[C@@H](O)[C@@H]2O)[C@H](O)[C@@H](O)[C@H]1O. The van der Waals surface area contributed by atoms with Crippen molar-refractivity contribution in [2.45, 2.75) is 49.0 Å². The molecule has 6 N–H and O–H groups in total. The van der Waals surface area contributed by atoms with Crippen LogP contribution in [-0.2, 0) is 14.2 Å². The third-order valence-corrected chi connectivity index (χ3v) is 3.50. The summed E-state index contributed by atoms with van der Waals surface area (Å²) in [6.07, 6.45) is -10.4. The van der Waals surface area contributed by atoms with Gasteiger partial charge in [0.1, 0.15) is 42.7 Å². The Bertz CT molecular complexity index is 312. The highest BCUT2D eigenvalue weighted by atomic mass is 16.7. The molecule has 0 amide bonds. The number of aliphatic hydroxyl groups excluding tert-OH is 6. The molecule has 0 saturated carbocycles. The van der Waals surface area contributed by atoms with Gasteiger partial charge in [-0.25, -0.2) is 0 Å². The summed E-state index contributed by atoms with van der Waals surface area (Å²) in [6.45, 7) is -0.625. The molecule has 0 aromatic heterocycles. The third-order valence-electron chi connectivity index (χ3n) is 3.50. The fourth-order valence-corrected chi connectivity index (χ4v) is 2.22. The quantitative estimate of drug-likeness (QED) is 0.306. The van der Waals surface area contributed by atoms with Gasteiger partial charge in [0.25, 0.3) is 0 Å². The minimum absolute atomic E-state index is 0.0206. The largest absolute Gasteiger partial charge is 0.394 e. The van der Waals surface area contributed by atoms with Crippen molar-refractivity contribution in [1.82, 2.24) is 0 Å². The predicted molar refractivity (Wildman–Crippen MR) is 61.5 cm³/mol. The van der Waals surface area contributed by atoms with Crippen LogP contribution in [0.15, 0.2) is 0 Å². The molecule has 0 aromatic carbocycles. The molecule has 0 aliphatic carbocycles. The molecule has 0 spiro atoms. The van der Waals surface area contributed by atoms with Crippen LogP contribution in [0.25, 0.3) is 0 Å². The number of ether oxygens (including phenoxy) is 3. The lowest BCUT2D eigenvalue weighted by atomic mass is 9.99. The smallest absolute Gasteiger partial charge is 0.187 e.